The Labute approximate surface area is 167 Å². The molecule has 7 heteroatoms. The van der Waals surface area contributed by atoms with Gasteiger partial charge in [0.2, 0.25) is 10.0 Å². The lowest BCUT2D eigenvalue weighted by atomic mass is 10.1. The van der Waals surface area contributed by atoms with Gasteiger partial charge in [-0.3, -0.25) is 0 Å². The number of methoxy groups -OCH3 is 3. The van der Waals surface area contributed by atoms with Gasteiger partial charge in [0.15, 0.2) is 11.5 Å². The molecule has 0 spiro atoms. The van der Waals surface area contributed by atoms with Crippen molar-refractivity contribution in [2.45, 2.75) is 37.2 Å². The third kappa shape index (κ3) is 4.25. The fourth-order valence-corrected chi connectivity index (χ4v) is 4.98. The van der Waals surface area contributed by atoms with Crippen LogP contribution in [-0.2, 0) is 16.6 Å². The Kier molecular flexibility index (Phi) is 6.15. The highest BCUT2D eigenvalue weighted by Crippen LogP contribution is 2.39. The first-order chi connectivity index (χ1) is 13.4. The van der Waals surface area contributed by atoms with E-state index in [4.69, 9.17) is 14.2 Å². The summed E-state index contributed by atoms with van der Waals surface area (Å²) in [6, 6.07) is 12.1. The number of rotatable bonds is 9. The van der Waals surface area contributed by atoms with Gasteiger partial charge in [-0.05, 0) is 55.5 Å². The molecule has 1 aliphatic rings. The van der Waals surface area contributed by atoms with Crippen molar-refractivity contribution in [2.24, 2.45) is 5.92 Å². The maximum Gasteiger partial charge on any atom is 0.243 e. The zero-order valence-electron chi connectivity index (χ0n) is 16.7. The summed E-state index contributed by atoms with van der Waals surface area (Å²) >= 11 is 0. The molecular weight excluding hydrogens is 378 g/mol. The van der Waals surface area contributed by atoms with Crippen LogP contribution in [0.25, 0.3) is 0 Å². The molecule has 152 valence electrons. The Bertz CT molecular complexity index is 907. The maximum atomic E-state index is 13.5. The first-order valence-electron chi connectivity index (χ1n) is 9.27. The van der Waals surface area contributed by atoms with Crippen LogP contribution in [0.5, 0.6) is 17.2 Å². The summed E-state index contributed by atoms with van der Waals surface area (Å²) in [5.74, 6) is 2.03. The Morgan fingerprint density at radius 1 is 0.964 bits per heavy atom. The van der Waals surface area contributed by atoms with Gasteiger partial charge in [0.25, 0.3) is 0 Å². The number of ether oxygens (including phenoxy) is 3. The van der Waals surface area contributed by atoms with Crippen LogP contribution in [0.3, 0.4) is 0 Å². The van der Waals surface area contributed by atoms with E-state index in [0.29, 0.717) is 24.0 Å². The molecule has 0 N–H and O–H groups in total. The molecule has 1 unspecified atom stereocenters. The minimum atomic E-state index is -3.71. The SMILES string of the molecule is COc1ccc(CN(C(C)C2CC2)S(=O)(=O)c2ccc(OC)c(OC)c2)cc1. The lowest BCUT2D eigenvalue weighted by Gasteiger charge is -2.29. The monoisotopic (exact) mass is 405 g/mol. The largest absolute Gasteiger partial charge is 0.497 e. The van der Waals surface area contributed by atoms with Gasteiger partial charge in [0, 0.05) is 18.7 Å². The number of hydrogen-bond donors (Lipinski definition) is 0. The summed E-state index contributed by atoms with van der Waals surface area (Å²) in [6.45, 7) is 2.29. The topological polar surface area (TPSA) is 65.1 Å². The van der Waals surface area contributed by atoms with Gasteiger partial charge < -0.3 is 14.2 Å². The summed E-state index contributed by atoms with van der Waals surface area (Å²) in [5, 5.41) is 0. The second-order valence-electron chi connectivity index (χ2n) is 6.99. The average molecular weight is 406 g/mol. The summed E-state index contributed by atoms with van der Waals surface area (Å²) in [5.41, 5.74) is 0.914. The zero-order valence-corrected chi connectivity index (χ0v) is 17.5. The molecule has 0 amide bonds. The van der Waals surface area contributed by atoms with Crippen LogP contribution in [0.1, 0.15) is 25.3 Å². The Hall–Kier alpha value is -2.25. The molecule has 2 aromatic carbocycles. The lowest BCUT2D eigenvalue weighted by Crippen LogP contribution is -2.39. The Morgan fingerprint density at radius 3 is 2.14 bits per heavy atom. The van der Waals surface area contributed by atoms with Crippen LogP contribution in [0.15, 0.2) is 47.4 Å². The highest BCUT2D eigenvalue weighted by molar-refractivity contribution is 7.89. The molecule has 1 atom stereocenters. The smallest absolute Gasteiger partial charge is 0.243 e. The van der Waals surface area contributed by atoms with Crippen LogP contribution in [-0.4, -0.2) is 40.1 Å². The molecular formula is C21H27NO5S. The van der Waals surface area contributed by atoms with Gasteiger partial charge in [-0.1, -0.05) is 12.1 Å². The number of nitrogens with zero attached hydrogens (tertiary/aromatic N) is 1. The molecule has 1 fully saturated rings. The standard InChI is InChI=1S/C21H27NO5S/c1-15(17-7-8-17)22(14-16-5-9-18(25-2)10-6-16)28(23,24)19-11-12-20(26-3)21(13-19)27-4/h5-6,9-13,15,17H,7-8,14H2,1-4H3. The van der Waals surface area contributed by atoms with Gasteiger partial charge in [-0.2, -0.15) is 4.31 Å². The summed E-state index contributed by atoms with van der Waals surface area (Å²) in [6.07, 6.45) is 2.11. The van der Waals surface area contributed by atoms with Crippen molar-refractivity contribution >= 4 is 10.0 Å². The summed E-state index contributed by atoms with van der Waals surface area (Å²) < 4.78 is 44.3. The second-order valence-corrected chi connectivity index (χ2v) is 8.88. The summed E-state index contributed by atoms with van der Waals surface area (Å²) in [4.78, 5) is 0.200. The molecule has 3 rings (SSSR count). The van der Waals surface area contributed by atoms with Crippen LogP contribution in [0.4, 0.5) is 0 Å². The van der Waals surface area contributed by atoms with Crippen molar-refractivity contribution in [3.63, 3.8) is 0 Å². The normalized spacial score (nSPS) is 15.3. The van der Waals surface area contributed by atoms with Gasteiger partial charge >= 0.3 is 0 Å². The van der Waals surface area contributed by atoms with E-state index in [0.717, 1.165) is 24.2 Å². The number of hydrogen-bond acceptors (Lipinski definition) is 5. The predicted molar refractivity (Wildman–Crippen MR) is 107 cm³/mol. The first kappa shape index (κ1) is 20.5. The second kappa shape index (κ2) is 8.41. The van der Waals surface area contributed by atoms with E-state index in [1.807, 2.05) is 31.2 Å². The molecule has 0 bridgehead atoms. The lowest BCUT2D eigenvalue weighted by molar-refractivity contribution is 0.302. The van der Waals surface area contributed by atoms with Crippen LogP contribution >= 0.6 is 0 Å². The predicted octanol–water partition coefficient (Wildman–Crippen LogP) is 3.70. The van der Waals surface area contributed by atoms with E-state index >= 15 is 0 Å². The highest BCUT2D eigenvalue weighted by Gasteiger charge is 2.38. The molecule has 0 aromatic heterocycles. The van der Waals surface area contributed by atoms with Crippen molar-refractivity contribution in [1.29, 1.82) is 0 Å². The van der Waals surface area contributed by atoms with E-state index in [9.17, 15) is 8.42 Å². The molecule has 1 saturated carbocycles. The van der Waals surface area contributed by atoms with E-state index in [2.05, 4.69) is 0 Å². The van der Waals surface area contributed by atoms with Crippen molar-refractivity contribution in [1.82, 2.24) is 4.31 Å². The molecule has 0 saturated heterocycles. The van der Waals surface area contributed by atoms with Crippen molar-refractivity contribution in [3.05, 3.63) is 48.0 Å². The number of benzene rings is 2. The fourth-order valence-electron chi connectivity index (χ4n) is 3.28. The molecule has 0 heterocycles. The van der Waals surface area contributed by atoms with E-state index in [-0.39, 0.29) is 10.9 Å². The minimum absolute atomic E-state index is 0.0831. The van der Waals surface area contributed by atoms with Gasteiger partial charge in [0.1, 0.15) is 5.75 Å². The maximum absolute atomic E-state index is 13.5. The Balaban J connectivity index is 1.96. The Morgan fingerprint density at radius 2 is 1.61 bits per heavy atom. The van der Waals surface area contributed by atoms with Crippen LogP contribution < -0.4 is 14.2 Å². The minimum Gasteiger partial charge on any atom is -0.497 e. The molecule has 1 aliphatic carbocycles. The van der Waals surface area contributed by atoms with Crippen LogP contribution in [0.2, 0.25) is 0 Å². The number of sulfonamides is 1. The highest BCUT2D eigenvalue weighted by atomic mass is 32.2. The fraction of sp³-hybridized carbons (Fsp3) is 0.429. The van der Waals surface area contributed by atoms with Crippen LogP contribution in [0, 0.1) is 5.92 Å². The molecule has 2 aromatic rings. The molecule has 0 aliphatic heterocycles. The first-order valence-corrected chi connectivity index (χ1v) is 10.7. The molecule has 28 heavy (non-hydrogen) atoms. The van der Waals surface area contributed by atoms with Gasteiger partial charge in [0.05, 0.1) is 26.2 Å². The quantitative estimate of drug-likeness (QED) is 0.636. The van der Waals surface area contributed by atoms with Crippen molar-refractivity contribution in [3.8, 4) is 17.2 Å². The molecule has 0 radical (unpaired) electrons. The van der Waals surface area contributed by atoms with Crippen molar-refractivity contribution in [2.75, 3.05) is 21.3 Å². The van der Waals surface area contributed by atoms with E-state index < -0.39 is 10.0 Å². The van der Waals surface area contributed by atoms with E-state index in [1.54, 1.807) is 23.5 Å². The van der Waals surface area contributed by atoms with Gasteiger partial charge in [-0.25, -0.2) is 8.42 Å². The average Bonchev–Trinajstić information content (AvgIpc) is 3.56. The third-order valence-electron chi connectivity index (χ3n) is 5.22. The van der Waals surface area contributed by atoms with E-state index in [1.165, 1.54) is 20.3 Å². The molecule has 6 nitrogen and oxygen atoms in total. The van der Waals surface area contributed by atoms with Gasteiger partial charge in [-0.15, -0.1) is 0 Å². The zero-order chi connectivity index (χ0) is 20.3. The van der Waals surface area contributed by atoms with Crippen molar-refractivity contribution < 1.29 is 22.6 Å². The third-order valence-corrected chi connectivity index (χ3v) is 7.15. The summed E-state index contributed by atoms with van der Waals surface area (Å²) in [7, 11) is 0.920.